The van der Waals surface area contributed by atoms with E-state index in [-0.39, 0.29) is 5.82 Å². The summed E-state index contributed by atoms with van der Waals surface area (Å²) in [6.45, 7) is 0.796. The molecule has 2 aromatic carbocycles. The Morgan fingerprint density at radius 3 is 2.81 bits per heavy atom. The van der Waals surface area contributed by atoms with Crippen molar-refractivity contribution in [1.29, 1.82) is 5.26 Å². The van der Waals surface area contributed by atoms with Crippen LogP contribution in [0.25, 0.3) is 0 Å². The van der Waals surface area contributed by atoms with Gasteiger partial charge in [-0.15, -0.1) is 0 Å². The second-order valence-electron chi connectivity index (χ2n) is 5.16. The van der Waals surface area contributed by atoms with Crippen molar-refractivity contribution >= 4 is 11.8 Å². The fourth-order valence-electron chi connectivity index (χ4n) is 2.07. The Kier molecular flexibility index (Phi) is 4.23. The Morgan fingerprint density at radius 2 is 2.10 bits per heavy atom. The molecule has 21 heavy (non-hydrogen) atoms. The smallest absolute Gasteiger partial charge is 0.124 e. The van der Waals surface area contributed by atoms with E-state index < -0.39 is 0 Å². The summed E-state index contributed by atoms with van der Waals surface area (Å²) in [6, 6.07) is 15.2. The molecule has 1 N–H and O–H groups in total. The number of hydrogen-bond acceptors (Lipinski definition) is 3. The van der Waals surface area contributed by atoms with Crippen molar-refractivity contribution in [3.63, 3.8) is 0 Å². The van der Waals surface area contributed by atoms with Crippen molar-refractivity contribution in [2.75, 3.05) is 0 Å². The van der Waals surface area contributed by atoms with Gasteiger partial charge >= 0.3 is 0 Å². The largest absolute Gasteiger partial charge is 0.310 e. The van der Waals surface area contributed by atoms with Gasteiger partial charge in [-0.25, -0.2) is 4.39 Å². The van der Waals surface area contributed by atoms with Crippen LogP contribution >= 0.6 is 11.8 Å². The zero-order valence-electron chi connectivity index (χ0n) is 11.5. The standard InChI is InChI=1S/C17H15FN2S/c18-14-2-1-3-16(9-14)21-17-7-4-12(8-13(17)10-19)11-20-15-5-6-15/h1-4,7-9,15,20H,5-6,11H2. The minimum absolute atomic E-state index is 0.260. The predicted molar refractivity (Wildman–Crippen MR) is 81.5 cm³/mol. The maximum atomic E-state index is 13.2. The molecule has 2 nitrogen and oxygen atoms in total. The molecule has 1 fully saturated rings. The van der Waals surface area contributed by atoms with Gasteiger partial charge in [-0.1, -0.05) is 23.9 Å². The van der Waals surface area contributed by atoms with E-state index in [2.05, 4.69) is 11.4 Å². The molecule has 0 aromatic heterocycles. The van der Waals surface area contributed by atoms with Gasteiger partial charge in [-0.05, 0) is 48.7 Å². The topological polar surface area (TPSA) is 35.8 Å². The lowest BCUT2D eigenvalue weighted by Gasteiger charge is -2.08. The molecule has 0 saturated heterocycles. The van der Waals surface area contributed by atoms with E-state index in [0.717, 1.165) is 21.9 Å². The van der Waals surface area contributed by atoms with Gasteiger partial charge in [0.1, 0.15) is 11.9 Å². The second kappa shape index (κ2) is 6.30. The third kappa shape index (κ3) is 3.84. The summed E-state index contributed by atoms with van der Waals surface area (Å²) < 4.78 is 13.2. The van der Waals surface area contributed by atoms with E-state index >= 15 is 0 Å². The zero-order chi connectivity index (χ0) is 14.7. The molecule has 1 aliphatic carbocycles. The Hall–Kier alpha value is -1.83. The van der Waals surface area contributed by atoms with Gasteiger partial charge in [0.25, 0.3) is 0 Å². The van der Waals surface area contributed by atoms with Crippen molar-refractivity contribution in [3.8, 4) is 6.07 Å². The first kappa shape index (κ1) is 14.1. The predicted octanol–water partition coefficient (Wildman–Crippen LogP) is 4.10. The van der Waals surface area contributed by atoms with Gasteiger partial charge in [0.2, 0.25) is 0 Å². The average molecular weight is 298 g/mol. The summed E-state index contributed by atoms with van der Waals surface area (Å²) in [5, 5.41) is 12.7. The first-order valence-electron chi connectivity index (χ1n) is 6.94. The Morgan fingerprint density at radius 1 is 1.24 bits per heavy atom. The van der Waals surface area contributed by atoms with Crippen LogP contribution in [0.15, 0.2) is 52.3 Å². The van der Waals surface area contributed by atoms with E-state index in [4.69, 9.17) is 0 Å². The van der Waals surface area contributed by atoms with E-state index in [1.807, 2.05) is 24.3 Å². The third-order valence-corrected chi connectivity index (χ3v) is 4.43. The summed E-state index contributed by atoms with van der Waals surface area (Å²) >= 11 is 1.42. The summed E-state index contributed by atoms with van der Waals surface area (Å²) in [7, 11) is 0. The fourth-order valence-corrected chi connectivity index (χ4v) is 2.99. The first-order chi connectivity index (χ1) is 10.2. The lowest BCUT2D eigenvalue weighted by atomic mass is 10.1. The zero-order valence-corrected chi connectivity index (χ0v) is 12.3. The van der Waals surface area contributed by atoms with E-state index in [1.165, 1.54) is 36.7 Å². The maximum Gasteiger partial charge on any atom is 0.124 e. The van der Waals surface area contributed by atoms with Crippen LogP contribution in [0.1, 0.15) is 24.0 Å². The Balaban J connectivity index is 1.76. The van der Waals surface area contributed by atoms with Gasteiger partial charge < -0.3 is 5.32 Å². The molecule has 4 heteroatoms. The summed E-state index contributed by atoms with van der Waals surface area (Å²) in [5.74, 6) is -0.260. The molecule has 106 valence electrons. The number of hydrogen-bond donors (Lipinski definition) is 1. The highest BCUT2D eigenvalue weighted by Crippen LogP contribution is 2.31. The quantitative estimate of drug-likeness (QED) is 0.902. The van der Waals surface area contributed by atoms with Crippen molar-refractivity contribution in [1.82, 2.24) is 5.32 Å². The molecule has 0 unspecified atom stereocenters. The molecule has 0 radical (unpaired) electrons. The second-order valence-corrected chi connectivity index (χ2v) is 6.27. The minimum Gasteiger partial charge on any atom is -0.310 e. The Bertz CT molecular complexity index is 689. The number of nitriles is 1. The van der Waals surface area contributed by atoms with Crippen LogP contribution < -0.4 is 5.32 Å². The van der Waals surface area contributed by atoms with Gasteiger partial charge in [-0.2, -0.15) is 5.26 Å². The number of nitrogens with zero attached hydrogens (tertiary/aromatic N) is 1. The maximum absolute atomic E-state index is 13.2. The van der Waals surface area contributed by atoms with Crippen LogP contribution in [-0.4, -0.2) is 6.04 Å². The highest BCUT2D eigenvalue weighted by Gasteiger charge is 2.20. The summed E-state index contributed by atoms with van der Waals surface area (Å²) in [4.78, 5) is 1.66. The van der Waals surface area contributed by atoms with Crippen LogP contribution in [0.3, 0.4) is 0 Å². The van der Waals surface area contributed by atoms with Gasteiger partial charge in [0.15, 0.2) is 0 Å². The molecule has 0 amide bonds. The molecular weight excluding hydrogens is 283 g/mol. The molecular formula is C17H15FN2S. The molecule has 0 aliphatic heterocycles. The molecule has 0 spiro atoms. The fraction of sp³-hybridized carbons (Fsp3) is 0.235. The van der Waals surface area contributed by atoms with Crippen molar-refractivity contribution in [2.45, 2.75) is 35.2 Å². The van der Waals surface area contributed by atoms with Gasteiger partial charge in [-0.3, -0.25) is 0 Å². The minimum atomic E-state index is -0.260. The van der Waals surface area contributed by atoms with Crippen LogP contribution in [0, 0.1) is 17.1 Å². The summed E-state index contributed by atoms with van der Waals surface area (Å²) in [6.07, 6.45) is 2.50. The van der Waals surface area contributed by atoms with Crippen molar-refractivity contribution in [3.05, 3.63) is 59.4 Å². The van der Waals surface area contributed by atoms with Crippen LogP contribution in [0.2, 0.25) is 0 Å². The number of nitrogens with one attached hydrogen (secondary N) is 1. The average Bonchev–Trinajstić information content (AvgIpc) is 3.30. The lowest BCUT2D eigenvalue weighted by Crippen LogP contribution is -2.15. The molecule has 1 saturated carbocycles. The molecule has 3 rings (SSSR count). The number of benzene rings is 2. The van der Waals surface area contributed by atoms with Gasteiger partial charge in [0.05, 0.1) is 5.56 Å². The molecule has 2 aromatic rings. The first-order valence-corrected chi connectivity index (χ1v) is 7.76. The Labute approximate surface area is 128 Å². The van der Waals surface area contributed by atoms with Crippen molar-refractivity contribution < 1.29 is 4.39 Å². The normalized spacial score (nSPS) is 13.9. The van der Waals surface area contributed by atoms with E-state index in [0.29, 0.717) is 11.6 Å². The number of halogens is 1. The third-order valence-electron chi connectivity index (χ3n) is 3.36. The van der Waals surface area contributed by atoms with Crippen LogP contribution in [-0.2, 0) is 6.54 Å². The van der Waals surface area contributed by atoms with Gasteiger partial charge in [0, 0.05) is 22.4 Å². The van der Waals surface area contributed by atoms with Crippen LogP contribution in [0.4, 0.5) is 4.39 Å². The van der Waals surface area contributed by atoms with Crippen LogP contribution in [0.5, 0.6) is 0 Å². The SMILES string of the molecule is N#Cc1cc(CNC2CC2)ccc1Sc1cccc(F)c1. The molecule has 0 atom stereocenters. The highest BCUT2D eigenvalue weighted by molar-refractivity contribution is 7.99. The monoisotopic (exact) mass is 298 g/mol. The molecule has 0 bridgehead atoms. The number of rotatable bonds is 5. The molecule has 0 heterocycles. The lowest BCUT2D eigenvalue weighted by molar-refractivity contribution is 0.624. The molecule has 1 aliphatic rings. The van der Waals surface area contributed by atoms with E-state index in [9.17, 15) is 9.65 Å². The summed E-state index contributed by atoms with van der Waals surface area (Å²) in [5.41, 5.74) is 1.75. The highest BCUT2D eigenvalue weighted by atomic mass is 32.2. The van der Waals surface area contributed by atoms with E-state index in [1.54, 1.807) is 6.07 Å². The van der Waals surface area contributed by atoms with Crippen molar-refractivity contribution in [2.24, 2.45) is 0 Å².